The lowest BCUT2D eigenvalue weighted by atomic mass is 10.0. The quantitative estimate of drug-likeness (QED) is 0.0222. The summed E-state index contributed by atoms with van der Waals surface area (Å²) in [6.07, 6.45) is 49.9. The maximum atomic E-state index is 13.0. The second-order valence-corrected chi connectivity index (χ2v) is 29.8. The molecule has 3 N–H and O–H groups in total. The summed E-state index contributed by atoms with van der Waals surface area (Å²) in [5.74, 6) is -0.569. The molecule has 0 aliphatic carbocycles. The number of aliphatic hydroxyl groups excluding tert-OH is 1. The second kappa shape index (κ2) is 64.1. The highest BCUT2D eigenvalue weighted by Crippen LogP contribution is 2.45. The van der Waals surface area contributed by atoms with Gasteiger partial charge in [0.25, 0.3) is 0 Å². The summed E-state index contributed by atoms with van der Waals surface area (Å²) < 4.78 is 68.3. The van der Waals surface area contributed by atoms with Crippen LogP contribution in [0.3, 0.4) is 0 Å². The van der Waals surface area contributed by atoms with Crippen LogP contribution >= 0.6 is 15.6 Å². The van der Waals surface area contributed by atoms with Crippen molar-refractivity contribution in [2.24, 2.45) is 11.8 Å². The molecular weight excluding hydrogens is 1200 g/mol. The molecule has 0 aliphatic rings. The number of hydrogen-bond acceptors (Lipinski definition) is 15. The molecule has 19 heteroatoms. The van der Waals surface area contributed by atoms with E-state index in [1.165, 1.54) is 186 Å². The van der Waals surface area contributed by atoms with Crippen LogP contribution in [0.15, 0.2) is 0 Å². The van der Waals surface area contributed by atoms with Crippen molar-refractivity contribution in [1.82, 2.24) is 0 Å². The van der Waals surface area contributed by atoms with Crippen molar-refractivity contribution < 1.29 is 80.2 Å². The first-order chi connectivity index (χ1) is 43.9. The zero-order chi connectivity index (χ0) is 67.2. The lowest BCUT2D eigenvalue weighted by Crippen LogP contribution is -2.30. The van der Waals surface area contributed by atoms with E-state index < -0.39 is 97.5 Å². The molecule has 0 saturated heterocycles. The van der Waals surface area contributed by atoms with Crippen molar-refractivity contribution in [3.05, 3.63) is 0 Å². The summed E-state index contributed by atoms with van der Waals surface area (Å²) in [7, 11) is -9.90. The van der Waals surface area contributed by atoms with Crippen LogP contribution in [0.25, 0.3) is 0 Å². The highest BCUT2D eigenvalue weighted by molar-refractivity contribution is 7.47. The summed E-state index contributed by atoms with van der Waals surface area (Å²) in [6, 6.07) is 0. The van der Waals surface area contributed by atoms with Crippen LogP contribution in [-0.2, 0) is 65.4 Å². The number of phosphoric acid groups is 2. The molecule has 91 heavy (non-hydrogen) atoms. The van der Waals surface area contributed by atoms with Gasteiger partial charge in [0.05, 0.1) is 26.4 Å². The SMILES string of the molecule is CCCCCCCCCCCCCC(=O)O[C@H](COC(=O)CCCCCCCCCCC)COP(=O)(O)OC[C@H](O)COP(=O)(O)OC[C@@H](COC(=O)CCCCCCCCCCCC(C)C)OC(=O)CCCCCCCCCCCCCCCCCCC(C)C. The summed E-state index contributed by atoms with van der Waals surface area (Å²) in [6.45, 7) is 9.56. The number of carbonyl (C=O) groups excluding carboxylic acids is 4. The van der Waals surface area contributed by atoms with E-state index in [0.29, 0.717) is 25.7 Å². The number of phosphoric ester groups is 2. The highest BCUT2D eigenvalue weighted by Gasteiger charge is 2.30. The topological polar surface area (TPSA) is 237 Å². The predicted octanol–water partition coefficient (Wildman–Crippen LogP) is 20.8. The normalized spacial score (nSPS) is 14.1. The van der Waals surface area contributed by atoms with Gasteiger partial charge in [0.15, 0.2) is 12.2 Å². The number of aliphatic hydroxyl groups is 1. The number of esters is 4. The molecular formula is C72H140O17P2. The lowest BCUT2D eigenvalue weighted by molar-refractivity contribution is -0.161. The fourth-order valence-electron chi connectivity index (χ4n) is 10.9. The fourth-order valence-corrected chi connectivity index (χ4v) is 12.5. The number of rotatable bonds is 71. The largest absolute Gasteiger partial charge is 0.472 e. The number of unbranched alkanes of at least 4 members (excludes halogenated alkanes) is 41. The Morgan fingerprint density at radius 1 is 0.297 bits per heavy atom. The molecule has 0 spiro atoms. The van der Waals surface area contributed by atoms with Crippen molar-refractivity contribution in [2.45, 2.75) is 387 Å². The standard InChI is InChI=1S/C72H140O17P2/c1-7-9-11-13-15-17-24-31-38-44-50-56-71(76)88-67(60-82-69(74)54-48-42-36-28-16-14-12-10-8-2)62-86-90(78,79)84-58-66(73)59-85-91(80,81)87-63-68(61-83-70(75)55-49-43-37-33-27-30-35-41-47-53-65(5)6)89-72(77)57-51-45-39-32-26-23-21-19-18-20-22-25-29-34-40-46-52-64(3)4/h64-68,73H,7-63H2,1-6H3,(H,78,79)(H,80,81)/t66-,67+,68+/m0/s1. The minimum absolute atomic E-state index is 0.107. The third kappa shape index (κ3) is 66.5. The van der Waals surface area contributed by atoms with E-state index in [2.05, 4.69) is 41.5 Å². The molecule has 0 amide bonds. The van der Waals surface area contributed by atoms with Gasteiger partial charge < -0.3 is 33.8 Å². The molecule has 17 nitrogen and oxygen atoms in total. The predicted molar refractivity (Wildman–Crippen MR) is 368 cm³/mol. The van der Waals surface area contributed by atoms with Crippen molar-refractivity contribution in [1.29, 1.82) is 0 Å². The Hall–Kier alpha value is -1.94. The Morgan fingerprint density at radius 3 is 0.747 bits per heavy atom. The monoisotopic (exact) mass is 1340 g/mol. The van der Waals surface area contributed by atoms with Gasteiger partial charge in [-0.3, -0.25) is 37.3 Å². The van der Waals surface area contributed by atoms with E-state index in [-0.39, 0.29) is 25.7 Å². The summed E-state index contributed by atoms with van der Waals surface area (Å²) >= 11 is 0. The zero-order valence-electron chi connectivity index (χ0n) is 59.1. The third-order valence-electron chi connectivity index (χ3n) is 16.7. The first kappa shape index (κ1) is 89.1. The maximum absolute atomic E-state index is 13.0. The first-order valence-electron chi connectivity index (χ1n) is 37.5. The van der Waals surface area contributed by atoms with Crippen LogP contribution in [0, 0.1) is 11.8 Å². The Balaban J connectivity index is 5.20. The highest BCUT2D eigenvalue weighted by atomic mass is 31.2. The van der Waals surface area contributed by atoms with Gasteiger partial charge in [-0.2, -0.15) is 0 Å². The van der Waals surface area contributed by atoms with Crippen LogP contribution in [0.4, 0.5) is 0 Å². The van der Waals surface area contributed by atoms with Gasteiger partial charge in [0.2, 0.25) is 0 Å². The molecule has 2 unspecified atom stereocenters. The van der Waals surface area contributed by atoms with Crippen LogP contribution in [0.2, 0.25) is 0 Å². The van der Waals surface area contributed by atoms with Gasteiger partial charge in [0.1, 0.15) is 19.3 Å². The van der Waals surface area contributed by atoms with E-state index in [1.54, 1.807) is 0 Å². The average molecular weight is 1340 g/mol. The third-order valence-corrected chi connectivity index (χ3v) is 18.6. The van der Waals surface area contributed by atoms with Crippen LogP contribution in [0.5, 0.6) is 0 Å². The van der Waals surface area contributed by atoms with Gasteiger partial charge >= 0.3 is 39.5 Å². The molecule has 0 aromatic rings. The second-order valence-electron chi connectivity index (χ2n) is 26.9. The van der Waals surface area contributed by atoms with Crippen LogP contribution in [0.1, 0.15) is 369 Å². The first-order valence-corrected chi connectivity index (χ1v) is 40.5. The summed E-state index contributed by atoms with van der Waals surface area (Å²) in [5.41, 5.74) is 0. The Bertz CT molecular complexity index is 1770. The average Bonchev–Trinajstić information content (AvgIpc) is 2.30. The molecule has 0 aromatic heterocycles. The molecule has 0 heterocycles. The summed E-state index contributed by atoms with van der Waals surface area (Å²) in [4.78, 5) is 72.5. The maximum Gasteiger partial charge on any atom is 0.472 e. The van der Waals surface area contributed by atoms with Crippen LogP contribution in [-0.4, -0.2) is 96.7 Å². The number of hydrogen-bond donors (Lipinski definition) is 3. The van der Waals surface area contributed by atoms with E-state index >= 15 is 0 Å². The van der Waals surface area contributed by atoms with Crippen molar-refractivity contribution in [2.75, 3.05) is 39.6 Å². The van der Waals surface area contributed by atoms with E-state index in [0.717, 1.165) is 102 Å². The molecule has 540 valence electrons. The van der Waals surface area contributed by atoms with Crippen LogP contribution < -0.4 is 0 Å². The molecule has 0 radical (unpaired) electrons. The van der Waals surface area contributed by atoms with Gasteiger partial charge in [-0.15, -0.1) is 0 Å². The van der Waals surface area contributed by atoms with Crippen molar-refractivity contribution >= 4 is 39.5 Å². The van der Waals surface area contributed by atoms with Gasteiger partial charge in [0, 0.05) is 25.7 Å². The van der Waals surface area contributed by atoms with Crippen molar-refractivity contribution in [3.8, 4) is 0 Å². The molecule has 0 aromatic carbocycles. The van der Waals surface area contributed by atoms with Gasteiger partial charge in [-0.25, -0.2) is 9.13 Å². The number of carbonyl (C=O) groups is 4. The number of ether oxygens (including phenoxy) is 4. The summed E-state index contributed by atoms with van der Waals surface area (Å²) in [5, 5.41) is 10.6. The van der Waals surface area contributed by atoms with E-state index in [4.69, 9.17) is 37.0 Å². The molecule has 0 rings (SSSR count). The fraction of sp³-hybridized carbons (Fsp3) is 0.944. The van der Waals surface area contributed by atoms with Gasteiger partial charge in [-0.1, -0.05) is 318 Å². The van der Waals surface area contributed by atoms with E-state index in [1.807, 2.05) is 0 Å². The van der Waals surface area contributed by atoms with E-state index in [9.17, 15) is 43.2 Å². The van der Waals surface area contributed by atoms with Crippen molar-refractivity contribution in [3.63, 3.8) is 0 Å². The Labute approximate surface area is 556 Å². The smallest absolute Gasteiger partial charge is 0.462 e. The lowest BCUT2D eigenvalue weighted by Gasteiger charge is -2.21. The Kier molecular flexibility index (Phi) is 62.7. The molecule has 0 fully saturated rings. The zero-order valence-corrected chi connectivity index (χ0v) is 60.9. The Morgan fingerprint density at radius 2 is 0.505 bits per heavy atom. The molecule has 5 atom stereocenters. The molecule has 0 saturated carbocycles. The van der Waals surface area contributed by atoms with Gasteiger partial charge in [-0.05, 0) is 37.5 Å². The minimum atomic E-state index is -4.95. The molecule has 0 bridgehead atoms. The molecule has 0 aliphatic heterocycles. The minimum Gasteiger partial charge on any atom is -0.462 e.